The number of fused-ring (bicyclic) bond motifs is 6. The quantitative estimate of drug-likeness (QED) is 0.174. The molecule has 0 saturated carbocycles. The molecule has 3 heterocycles. The second-order valence-electron chi connectivity index (χ2n) is 12.7. The molecule has 0 aliphatic rings. The first-order chi connectivity index (χ1) is 25.3. The van der Waals surface area contributed by atoms with E-state index < -0.39 is 0 Å². The number of hydrogen-bond donors (Lipinski definition) is 0. The molecule has 0 atom stereocenters. The predicted octanol–water partition coefficient (Wildman–Crippen LogP) is 11.3. The van der Waals surface area contributed by atoms with Gasteiger partial charge in [-0.25, -0.2) is 19.9 Å². The number of rotatable bonds is 5. The summed E-state index contributed by atoms with van der Waals surface area (Å²) in [6.07, 6.45) is 0. The molecule has 5 heteroatoms. The Morgan fingerprint density at radius 1 is 0.314 bits per heavy atom. The molecule has 7 aromatic carbocycles. The molecular formula is C46H29N5. The summed E-state index contributed by atoms with van der Waals surface area (Å²) < 4.78 is 2.33. The van der Waals surface area contributed by atoms with Crippen molar-refractivity contribution in [1.82, 2.24) is 24.5 Å². The largest absolute Gasteiger partial charge is 0.309 e. The Hall–Kier alpha value is -6.98. The van der Waals surface area contributed by atoms with Crippen molar-refractivity contribution in [3.05, 3.63) is 176 Å². The average molecular weight is 652 g/mol. The number of para-hydroxylation sites is 2. The molecule has 3 aromatic heterocycles. The van der Waals surface area contributed by atoms with Crippen LogP contribution in [0.15, 0.2) is 176 Å². The van der Waals surface area contributed by atoms with Gasteiger partial charge in [-0.05, 0) is 41.8 Å². The normalized spacial score (nSPS) is 11.5. The second-order valence-corrected chi connectivity index (χ2v) is 12.7. The molecule has 0 unspecified atom stereocenters. The van der Waals surface area contributed by atoms with Crippen LogP contribution in [0.5, 0.6) is 0 Å². The highest BCUT2D eigenvalue weighted by molar-refractivity contribution is 6.14. The molecule has 5 nitrogen and oxygen atoms in total. The molecule has 0 fully saturated rings. The van der Waals surface area contributed by atoms with Crippen molar-refractivity contribution in [2.24, 2.45) is 0 Å². The van der Waals surface area contributed by atoms with Gasteiger partial charge in [0.2, 0.25) is 0 Å². The van der Waals surface area contributed by atoms with Crippen LogP contribution in [0.3, 0.4) is 0 Å². The van der Waals surface area contributed by atoms with E-state index >= 15 is 0 Å². The minimum atomic E-state index is 0.627. The van der Waals surface area contributed by atoms with Crippen LogP contribution in [0, 0.1) is 0 Å². The van der Waals surface area contributed by atoms with Crippen molar-refractivity contribution in [2.45, 2.75) is 0 Å². The van der Waals surface area contributed by atoms with Crippen LogP contribution >= 0.6 is 0 Å². The van der Waals surface area contributed by atoms with Crippen molar-refractivity contribution in [3.63, 3.8) is 0 Å². The molecule has 0 aliphatic heterocycles. The lowest BCUT2D eigenvalue weighted by molar-refractivity contribution is 1.07. The first-order valence-electron chi connectivity index (χ1n) is 17.1. The molecule has 0 saturated heterocycles. The molecule has 51 heavy (non-hydrogen) atoms. The first kappa shape index (κ1) is 29.0. The minimum absolute atomic E-state index is 0.627. The van der Waals surface area contributed by atoms with E-state index in [0.717, 1.165) is 55.6 Å². The summed E-state index contributed by atoms with van der Waals surface area (Å²) in [4.78, 5) is 20.1. The predicted molar refractivity (Wildman–Crippen MR) is 209 cm³/mol. The molecule has 0 amide bonds. The smallest absolute Gasteiger partial charge is 0.164 e. The zero-order valence-corrected chi connectivity index (χ0v) is 27.5. The van der Waals surface area contributed by atoms with Crippen molar-refractivity contribution in [3.8, 4) is 51.1 Å². The van der Waals surface area contributed by atoms with Crippen molar-refractivity contribution < 1.29 is 0 Å². The molecule has 0 bridgehead atoms. The maximum atomic E-state index is 5.20. The van der Waals surface area contributed by atoms with E-state index in [2.05, 4.69) is 120 Å². The third-order valence-electron chi connectivity index (χ3n) is 9.62. The zero-order chi connectivity index (χ0) is 33.7. The van der Waals surface area contributed by atoms with Gasteiger partial charge in [-0.1, -0.05) is 140 Å². The van der Waals surface area contributed by atoms with Crippen molar-refractivity contribution in [2.75, 3.05) is 0 Å². The van der Waals surface area contributed by atoms with Gasteiger partial charge in [0.25, 0.3) is 0 Å². The van der Waals surface area contributed by atoms with Gasteiger partial charge in [-0.3, -0.25) is 0 Å². The fourth-order valence-corrected chi connectivity index (χ4v) is 7.24. The summed E-state index contributed by atoms with van der Waals surface area (Å²) in [5.74, 6) is 1.91. The number of hydrogen-bond acceptors (Lipinski definition) is 4. The molecule has 238 valence electrons. The molecule has 0 radical (unpaired) electrons. The third kappa shape index (κ3) is 4.94. The summed E-state index contributed by atoms with van der Waals surface area (Å²) in [5.41, 5.74) is 9.16. The van der Waals surface area contributed by atoms with Crippen LogP contribution < -0.4 is 0 Å². The first-order valence-corrected chi connectivity index (χ1v) is 17.1. The second kappa shape index (κ2) is 11.9. The van der Waals surface area contributed by atoms with Crippen LogP contribution in [-0.2, 0) is 0 Å². The number of aromatic nitrogens is 5. The van der Waals surface area contributed by atoms with E-state index in [9.17, 15) is 0 Å². The van der Waals surface area contributed by atoms with Gasteiger partial charge in [0.1, 0.15) is 0 Å². The molecule has 0 N–H and O–H groups in total. The third-order valence-corrected chi connectivity index (χ3v) is 9.62. The Balaban J connectivity index is 1.15. The molecular weight excluding hydrogens is 623 g/mol. The summed E-state index contributed by atoms with van der Waals surface area (Å²) >= 11 is 0. The van der Waals surface area contributed by atoms with Gasteiger partial charge < -0.3 is 4.57 Å². The maximum Gasteiger partial charge on any atom is 0.164 e. The van der Waals surface area contributed by atoms with Gasteiger partial charge in [-0.2, -0.15) is 0 Å². The Morgan fingerprint density at radius 2 is 0.863 bits per heavy atom. The van der Waals surface area contributed by atoms with E-state index in [1.165, 1.54) is 21.5 Å². The standard InChI is InChI=1S/C46H29N5/c1-3-14-30(15-4-1)44-48-45(31-16-5-2-6-17-31)50-46(49-44)33-18-13-19-34(28-33)51-41-25-12-10-22-37(41)39-29-32(26-27-42(39)51)43-38-23-8-7-20-35(38)36-21-9-11-24-40(36)47-43/h1-29H. The average Bonchev–Trinajstić information content (AvgIpc) is 3.55. The summed E-state index contributed by atoms with van der Waals surface area (Å²) in [5, 5.41) is 5.88. The Bertz CT molecular complexity index is 2860. The Kier molecular flexibility index (Phi) is 6.74. The minimum Gasteiger partial charge on any atom is -0.309 e. The molecule has 10 aromatic rings. The van der Waals surface area contributed by atoms with Crippen LogP contribution in [0.4, 0.5) is 0 Å². The van der Waals surface area contributed by atoms with Crippen molar-refractivity contribution in [1.29, 1.82) is 0 Å². The zero-order valence-electron chi connectivity index (χ0n) is 27.5. The van der Waals surface area contributed by atoms with Gasteiger partial charge >= 0.3 is 0 Å². The SMILES string of the molecule is c1ccc(-c2nc(-c3ccccc3)nc(-c3cccc(-n4c5ccccc5c5cc(-c6nc7ccccc7c7ccccc67)ccc54)c3)n2)cc1. The van der Waals surface area contributed by atoms with Crippen LogP contribution in [0.25, 0.3) is 94.6 Å². The Morgan fingerprint density at radius 3 is 1.59 bits per heavy atom. The fraction of sp³-hybridized carbons (Fsp3) is 0. The van der Waals surface area contributed by atoms with Gasteiger partial charge in [0.05, 0.1) is 22.2 Å². The topological polar surface area (TPSA) is 56.5 Å². The number of benzene rings is 7. The highest BCUT2D eigenvalue weighted by atomic mass is 15.0. The van der Waals surface area contributed by atoms with Crippen LogP contribution in [-0.4, -0.2) is 24.5 Å². The number of nitrogens with zero attached hydrogens (tertiary/aromatic N) is 5. The van der Waals surface area contributed by atoms with Crippen LogP contribution in [0.1, 0.15) is 0 Å². The lowest BCUT2D eigenvalue weighted by Crippen LogP contribution is -2.01. The van der Waals surface area contributed by atoms with E-state index in [4.69, 9.17) is 19.9 Å². The molecule has 0 aliphatic carbocycles. The van der Waals surface area contributed by atoms with E-state index in [1.54, 1.807) is 0 Å². The number of pyridine rings is 1. The summed E-state index contributed by atoms with van der Waals surface area (Å²) in [7, 11) is 0. The van der Waals surface area contributed by atoms with E-state index in [0.29, 0.717) is 17.5 Å². The highest BCUT2D eigenvalue weighted by Crippen LogP contribution is 2.38. The highest BCUT2D eigenvalue weighted by Gasteiger charge is 2.17. The van der Waals surface area contributed by atoms with E-state index in [1.807, 2.05) is 60.7 Å². The molecule has 0 spiro atoms. The van der Waals surface area contributed by atoms with Gasteiger partial charge in [-0.15, -0.1) is 0 Å². The van der Waals surface area contributed by atoms with Gasteiger partial charge in [0, 0.05) is 49.5 Å². The summed E-state index contributed by atoms with van der Waals surface area (Å²) in [6.45, 7) is 0. The fourth-order valence-electron chi connectivity index (χ4n) is 7.24. The van der Waals surface area contributed by atoms with E-state index in [-0.39, 0.29) is 0 Å². The van der Waals surface area contributed by atoms with Gasteiger partial charge in [0.15, 0.2) is 17.5 Å². The molecule has 10 rings (SSSR count). The Labute approximate surface area is 294 Å². The monoisotopic (exact) mass is 651 g/mol. The lowest BCUT2D eigenvalue weighted by Gasteiger charge is -2.12. The maximum absolute atomic E-state index is 5.20. The lowest BCUT2D eigenvalue weighted by atomic mass is 9.99. The summed E-state index contributed by atoms with van der Waals surface area (Å²) in [6, 6.07) is 61.0. The van der Waals surface area contributed by atoms with Crippen molar-refractivity contribution >= 4 is 43.5 Å². The van der Waals surface area contributed by atoms with Crippen LogP contribution in [0.2, 0.25) is 0 Å².